The van der Waals surface area contributed by atoms with Crippen molar-refractivity contribution < 1.29 is 4.74 Å². The first-order chi connectivity index (χ1) is 9.92. The summed E-state index contributed by atoms with van der Waals surface area (Å²) in [6.45, 7) is 14.3. The lowest BCUT2D eigenvalue weighted by atomic mass is 9.82. The zero-order chi connectivity index (χ0) is 15.9. The fraction of sp³-hybridized carbons (Fsp3) is 0.684. The van der Waals surface area contributed by atoms with E-state index in [2.05, 4.69) is 71.1 Å². The second-order valence-electron chi connectivity index (χ2n) is 6.61. The Bertz CT molecular complexity index is 393. The summed E-state index contributed by atoms with van der Waals surface area (Å²) in [7, 11) is 0. The van der Waals surface area contributed by atoms with Gasteiger partial charge in [-0.3, -0.25) is 0 Å². The van der Waals surface area contributed by atoms with Gasteiger partial charge in [0.05, 0.1) is 0 Å². The van der Waals surface area contributed by atoms with Crippen LogP contribution in [0.1, 0.15) is 66.4 Å². The molecule has 1 aromatic carbocycles. The molecule has 1 rings (SSSR count). The van der Waals surface area contributed by atoms with Crippen molar-refractivity contribution in [2.24, 2.45) is 0 Å². The molecule has 0 radical (unpaired) electrons. The van der Waals surface area contributed by atoms with Crippen molar-refractivity contribution in [3.8, 4) is 5.75 Å². The monoisotopic (exact) mass is 291 g/mol. The Kier molecular flexibility index (Phi) is 7.24. The number of nitrogens with one attached hydrogen (secondary N) is 1. The third-order valence-electron chi connectivity index (χ3n) is 4.54. The quantitative estimate of drug-likeness (QED) is 0.697. The van der Waals surface area contributed by atoms with Crippen molar-refractivity contribution in [1.29, 1.82) is 0 Å². The lowest BCUT2D eigenvalue weighted by Crippen LogP contribution is -2.36. The second-order valence-corrected chi connectivity index (χ2v) is 6.61. The fourth-order valence-electron chi connectivity index (χ4n) is 2.37. The molecule has 0 saturated heterocycles. The SMILES string of the molecule is CCC(CC)NCC(C)Oc1ccc(C(C)(C)CC)cc1. The van der Waals surface area contributed by atoms with Crippen LogP contribution in [-0.2, 0) is 5.41 Å². The van der Waals surface area contributed by atoms with Crippen molar-refractivity contribution in [2.75, 3.05) is 6.54 Å². The van der Waals surface area contributed by atoms with Gasteiger partial charge in [0.15, 0.2) is 0 Å². The lowest BCUT2D eigenvalue weighted by molar-refractivity contribution is 0.210. The van der Waals surface area contributed by atoms with Crippen LogP contribution in [0.15, 0.2) is 24.3 Å². The zero-order valence-electron chi connectivity index (χ0n) is 14.7. The molecule has 120 valence electrons. The minimum Gasteiger partial charge on any atom is -0.489 e. The highest BCUT2D eigenvalue weighted by Gasteiger charge is 2.17. The van der Waals surface area contributed by atoms with Crippen molar-refractivity contribution in [2.45, 2.75) is 78.4 Å². The lowest BCUT2D eigenvalue weighted by Gasteiger charge is -2.24. The molecule has 0 fully saturated rings. The zero-order valence-corrected chi connectivity index (χ0v) is 14.7. The molecule has 0 aliphatic rings. The molecule has 0 aromatic heterocycles. The van der Waals surface area contributed by atoms with Gasteiger partial charge in [0.2, 0.25) is 0 Å². The van der Waals surface area contributed by atoms with Crippen LogP contribution in [0.2, 0.25) is 0 Å². The van der Waals surface area contributed by atoms with E-state index < -0.39 is 0 Å². The molecule has 1 N–H and O–H groups in total. The summed E-state index contributed by atoms with van der Waals surface area (Å²) in [5, 5.41) is 3.56. The summed E-state index contributed by atoms with van der Waals surface area (Å²) in [6, 6.07) is 9.18. The Morgan fingerprint density at radius 1 is 1.05 bits per heavy atom. The molecule has 1 aromatic rings. The topological polar surface area (TPSA) is 21.3 Å². The minimum absolute atomic E-state index is 0.190. The van der Waals surface area contributed by atoms with Crippen molar-refractivity contribution in [1.82, 2.24) is 5.32 Å². The van der Waals surface area contributed by atoms with Gasteiger partial charge in [-0.1, -0.05) is 46.8 Å². The summed E-state index contributed by atoms with van der Waals surface area (Å²) >= 11 is 0. The van der Waals surface area contributed by atoms with E-state index in [1.165, 1.54) is 18.4 Å². The summed E-state index contributed by atoms with van der Waals surface area (Å²) in [6.07, 6.45) is 3.67. The van der Waals surface area contributed by atoms with Crippen LogP contribution in [0, 0.1) is 0 Å². The molecule has 1 unspecified atom stereocenters. The van der Waals surface area contributed by atoms with Gasteiger partial charge >= 0.3 is 0 Å². The summed E-state index contributed by atoms with van der Waals surface area (Å²) in [4.78, 5) is 0. The molecule has 0 bridgehead atoms. The maximum absolute atomic E-state index is 5.99. The maximum Gasteiger partial charge on any atom is 0.119 e. The summed E-state index contributed by atoms with van der Waals surface area (Å²) in [5.74, 6) is 0.963. The molecule has 0 aliphatic carbocycles. The van der Waals surface area contributed by atoms with E-state index >= 15 is 0 Å². The van der Waals surface area contributed by atoms with E-state index in [9.17, 15) is 0 Å². The summed E-state index contributed by atoms with van der Waals surface area (Å²) < 4.78 is 5.99. The molecule has 0 saturated carbocycles. The van der Waals surface area contributed by atoms with Crippen LogP contribution in [-0.4, -0.2) is 18.7 Å². The fourth-order valence-corrected chi connectivity index (χ4v) is 2.37. The highest BCUT2D eigenvalue weighted by atomic mass is 16.5. The highest BCUT2D eigenvalue weighted by molar-refractivity contribution is 5.31. The third kappa shape index (κ3) is 5.70. The largest absolute Gasteiger partial charge is 0.489 e. The van der Waals surface area contributed by atoms with Gasteiger partial charge in [0.1, 0.15) is 11.9 Å². The Labute approximate surface area is 131 Å². The van der Waals surface area contributed by atoms with Gasteiger partial charge in [-0.05, 0) is 49.3 Å². The van der Waals surface area contributed by atoms with Crippen molar-refractivity contribution >= 4 is 0 Å². The third-order valence-corrected chi connectivity index (χ3v) is 4.54. The average Bonchev–Trinajstić information content (AvgIpc) is 2.49. The van der Waals surface area contributed by atoms with Crippen LogP contribution < -0.4 is 10.1 Å². The predicted molar refractivity (Wildman–Crippen MR) is 92.2 cm³/mol. The van der Waals surface area contributed by atoms with Crippen LogP contribution >= 0.6 is 0 Å². The van der Waals surface area contributed by atoms with E-state index in [-0.39, 0.29) is 11.5 Å². The van der Waals surface area contributed by atoms with Gasteiger partial charge in [-0.25, -0.2) is 0 Å². The molecule has 2 heteroatoms. The Morgan fingerprint density at radius 3 is 2.10 bits per heavy atom. The van der Waals surface area contributed by atoms with E-state index in [1.54, 1.807) is 0 Å². The van der Waals surface area contributed by atoms with Gasteiger partial charge in [0, 0.05) is 12.6 Å². The van der Waals surface area contributed by atoms with Gasteiger partial charge < -0.3 is 10.1 Å². The Hall–Kier alpha value is -1.02. The number of hydrogen-bond donors (Lipinski definition) is 1. The first kappa shape index (κ1) is 18.0. The molecule has 0 amide bonds. The number of hydrogen-bond acceptors (Lipinski definition) is 2. The van der Waals surface area contributed by atoms with E-state index in [0.29, 0.717) is 6.04 Å². The Balaban J connectivity index is 2.52. The smallest absolute Gasteiger partial charge is 0.119 e. The number of rotatable bonds is 9. The van der Waals surface area contributed by atoms with Crippen LogP contribution in [0.4, 0.5) is 0 Å². The van der Waals surface area contributed by atoms with Crippen LogP contribution in [0.25, 0.3) is 0 Å². The second kappa shape index (κ2) is 8.43. The van der Waals surface area contributed by atoms with E-state index in [1.807, 2.05) is 0 Å². The average molecular weight is 291 g/mol. The Morgan fingerprint density at radius 2 is 1.62 bits per heavy atom. The van der Waals surface area contributed by atoms with Crippen LogP contribution in [0.5, 0.6) is 5.75 Å². The van der Waals surface area contributed by atoms with Crippen molar-refractivity contribution in [3.63, 3.8) is 0 Å². The molecule has 1 atom stereocenters. The number of benzene rings is 1. The minimum atomic E-state index is 0.190. The molecular formula is C19H33NO. The molecule has 21 heavy (non-hydrogen) atoms. The van der Waals surface area contributed by atoms with Crippen molar-refractivity contribution in [3.05, 3.63) is 29.8 Å². The first-order valence-electron chi connectivity index (χ1n) is 8.43. The predicted octanol–water partition coefficient (Wildman–Crippen LogP) is 4.92. The number of ether oxygens (including phenoxy) is 1. The standard InChI is InChI=1S/C19H33NO/c1-7-17(8-2)20-14-15(4)21-18-12-10-16(11-13-18)19(5,6)9-3/h10-13,15,17,20H,7-9,14H2,1-6H3. The first-order valence-corrected chi connectivity index (χ1v) is 8.43. The van der Waals surface area contributed by atoms with E-state index in [0.717, 1.165) is 18.7 Å². The molecule has 0 spiro atoms. The maximum atomic E-state index is 5.99. The highest BCUT2D eigenvalue weighted by Crippen LogP contribution is 2.28. The van der Waals surface area contributed by atoms with Gasteiger partial charge in [0.25, 0.3) is 0 Å². The summed E-state index contributed by atoms with van der Waals surface area (Å²) in [5.41, 5.74) is 1.61. The van der Waals surface area contributed by atoms with Gasteiger partial charge in [-0.2, -0.15) is 0 Å². The molecular weight excluding hydrogens is 258 g/mol. The molecule has 0 heterocycles. The normalized spacial score (nSPS) is 13.5. The van der Waals surface area contributed by atoms with Gasteiger partial charge in [-0.15, -0.1) is 0 Å². The van der Waals surface area contributed by atoms with Crippen LogP contribution in [0.3, 0.4) is 0 Å². The molecule has 2 nitrogen and oxygen atoms in total. The molecule has 0 aliphatic heterocycles. The van der Waals surface area contributed by atoms with E-state index in [4.69, 9.17) is 4.74 Å².